The minimum absolute atomic E-state index is 0.384. The molecule has 0 bridgehead atoms. The van der Waals surface area contributed by atoms with E-state index in [1.54, 1.807) is 0 Å². The van der Waals surface area contributed by atoms with E-state index in [0.29, 0.717) is 4.83 Å². The summed E-state index contributed by atoms with van der Waals surface area (Å²) in [5, 5.41) is 0.814. The van der Waals surface area contributed by atoms with Gasteiger partial charge < -0.3 is 4.74 Å². The van der Waals surface area contributed by atoms with Crippen molar-refractivity contribution in [3.63, 3.8) is 0 Å². The predicted molar refractivity (Wildman–Crippen MR) is 58.0 cm³/mol. The molecule has 0 spiro atoms. The molecule has 1 atom stereocenters. The van der Waals surface area contributed by atoms with Crippen LogP contribution in [-0.4, -0.2) is 6.61 Å². The van der Waals surface area contributed by atoms with Gasteiger partial charge in [-0.1, -0.05) is 27.5 Å². The summed E-state index contributed by atoms with van der Waals surface area (Å²) in [5.74, 6) is 0.968. The fourth-order valence-electron chi connectivity index (χ4n) is 1.61. The van der Waals surface area contributed by atoms with Crippen molar-refractivity contribution in [2.75, 3.05) is 6.61 Å². The van der Waals surface area contributed by atoms with Gasteiger partial charge in [-0.15, -0.1) is 0 Å². The van der Waals surface area contributed by atoms with E-state index >= 15 is 0 Å². The van der Waals surface area contributed by atoms with Crippen LogP contribution in [-0.2, 0) is 0 Å². The Morgan fingerprint density at radius 2 is 2.31 bits per heavy atom. The smallest absolute Gasteiger partial charge is 0.123 e. The summed E-state index contributed by atoms with van der Waals surface area (Å²) >= 11 is 9.67. The zero-order chi connectivity index (χ0) is 9.42. The summed E-state index contributed by atoms with van der Waals surface area (Å²) in [6.07, 6.45) is 1.01. The largest absolute Gasteiger partial charge is 0.493 e. The molecule has 1 aliphatic heterocycles. The molecule has 0 aromatic heterocycles. The van der Waals surface area contributed by atoms with Crippen molar-refractivity contribution in [2.45, 2.75) is 18.2 Å². The van der Waals surface area contributed by atoms with Crippen molar-refractivity contribution in [3.8, 4) is 5.75 Å². The molecule has 1 heterocycles. The molecule has 0 fully saturated rings. The number of halogens is 2. The van der Waals surface area contributed by atoms with E-state index in [2.05, 4.69) is 15.9 Å². The fourth-order valence-corrected chi connectivity index (χ4v) is 2.53. The van der Waals surface area contributed by atoms with Gasteiger partial charge >= 0.3 is 0 Å². The average molecular weight is 262 g/mol. The quantitative estimate of drug-likeness (QED) is 0.644. The first-order valence-electron chi connectivity index (χ1n) is 4.26. The normalized spacial score (nSPS) is 20.7. The molecule has 13 heavy (non-hydrogen) atoms. The Bertz CT molecular complexity index is 338. The van der Waals surface area contributed by atoms with Crippen molar-refractivity contribution in [2.24, 2.45) is 0 Å². The molecular weight excluding hydrogens is 251 g/mol. The van der Waals surface area contributed by atoms with Crippen LogP contribution in [0.2, 0.25) is 5.02 Å². The molecule has 1 aliphatic rings. The first-order chi connectivity index (χ1) is 6.20. The third-order valence-electron chi connectivity index (χ3n) is 2.35. The standard InChI is InChI=1S/C10H10BrClO/c1-6-8(12)2-3-9-10(6)7(11)4-5-13-9/h2-3,7H,4-5H2,1H3. The van der Waals surface area contributed by atoms with Crippen LogP contribution in [0.1, 0.15) is 22.4 Å². The first kappa shape index (κ1) is 9.35. The molecule has 3 heteroatoms. The van der Waals surface area contributed by atoms with Gasteiger partial charge in [0, 0.05) is 15.4 Å². The molecular formula is C10H10BrClO. The lowest BCUT2D eigenvalue weighted by Gasteiger charge is -2.24. The minimum Gasteiger partial charge on any atom is -0.493 e. The molecule has 0 saturated heterocycles. The van der Waals surface area contributed by atoms with Gasteiger partial charge in [0.25, 0.3) is 0 Å². The Morgan fingerprint density at radius 3 is 3.08 bits per heavy atom. The monoisotopic (exact) mass is 260 g/mol. The fraction of sp³-hybridized carbons (Fsp3) is 0.400. The third kappa shape index (κ3) is 1.57. The summed E-state index contributed by atoms with van der Waals surface area (Å²) in [4.78, 5) is 0.384. The summed E-state index contributed by atoms with van der Waals surface area (Å²) in [6.45, 7) is 2.81. The SMILES string of the molecule is Cc1c(Cl)ccc2c1C(Br)CCO2. The van der Waals surface area contributed by atoms with Crippen LogP contribution in [0.15, 0.2) is 12.1 Å². The maximum atomic E-state index is 6.03. The third-order valence-corrected chi connectivity index (χ3v) is 3.68. The van der Waals surface area contributed by atoms with E-state index in [1.807, 2.05) is 19.1 Å². The Kier molecular flexibility index (Phi) is 2.52. The molecule has 1 aromatic rings. The van der Waals surface area contributed by atoms with Gasteiger partial charge in [-0.25, -0.2) is 0 Å². The van der Waals surface area contributed by atoms with Gasteiger partial charge in [-0.3, -0.25) is 0 Å². The van der Waals surface area contributed by atoms with Crippen molar-refractivity contribution in [1.29, 1.82) is 0 Å². The molecule has 0 radical (unpaired) electrons. The Hall–Kier alpha value is -0.210. The van der Waals surface area contributed by atoms with Crippen LogP contribution in [0.3, 0.4) is 0 Å². The zero-order valence-corrected chi connectivity index (χ0v) is 9.65. The Morgan fingerprint density at radius 1 is 1.54 bits per heavy atom. The van der Waals surface area contributed by atoms with Gasteiger partial charge in [-0.05, 0) is 31.0 Å². The number of ether oxygens (including phenoxy) is 1. The summed E-state index contributed by atoms with van der Waals surface area (Å²) < 4.78 is 5.54. The maximum absolute atomic E-state index is 6.03. The molecule has 0 amide bonds. The van der Waals surface area contributed by atoms with Crippen LogP contribution in [0.5, 0.6) is 5.75 Å². The van der Waals surface area contributed by atoms with Gasteiger partial charge in [0.05, 0.1) is 6.61 Å². The van der Waals surface area contributed by atoms with Crippen LogP contribution in [0.25, 0.3) is 0 Å². The van der Waals surface area contributed by atoms with E-state index in [9.17, 15) is 0 Å². The van der Waals surface area contributed by atoms with Gasteiger partial charge in [-0.2, -0.15) is 0 Å². The van der Waals surface area contributed by atoms with E-state index in [4.69, 9.17) is 16.3 Å². The van der Waals surface area contributed by atoms with Crippen LogP contribution >= 0.6 is 27.5 Å². The lowest BCUT2D eigenvalue weighted by atomic mass is 10.0. The average Bonchev–Trinajstić information content (AvgIpc) is 2.12. The molecule has 0 N–H and O–H groups in total. The second-order valence-corrected chi connectivity index (χ2v) is 4.70. The van der Waals surface area contributed by atoms with Gasteiger partial charge in [0.1, 0.15) is 5.75 Å². The molecule has 0 aliphatic carbocycles. The number of alkyl halides is 1. The van der Waals surface area contributed by atoms with Crippen molar-refractivity contribution < 1.29 is 4.74 Å². The topological polar surface area (TPSA) is 9.23 Å². The van der Waals surface area contributed by atoms with E-state index < -0.39 is 0 Å². The van der Waals surface area contributed by atoms with Crippen molar-refractivity contribution >= 4 is 27.5 Å². The second-order valence-electron chi connectivity index (χ2n) is 3.19. The first-order valence-corrected chi connectivity index (χ1v) is 5.55. The van der Waals surface area contributed by atoms with E-state index in [1.165, 1.54) is 5.56 Å². The second kappa shape index (κ2) is 3.50. The van der Waals surface area contributed by atoms with Crippen molar-refractivity contribution in [1.82, 2.24) is 0 Å². The number of hydrogen-bond acceptors (Lipinski definition) is 1. The van der Waals surface area contributed by atoms with Crippen LogP contribution < -0.4 is 4.74 Å². The number of hydrogen-bond donors (Lipinski definition) is 0. The highest BCUT2D eigenvalue weighted by molar-refractivity contribution is 9.09. The zero-order valence-electron chi connectivity index (χ0n) is 7.31. The highest BCUT2D eigenvalue weighted by Crippen LogP contribution is 2.41. The van der Waals surface area contributed by atoms with E-state index in [0.717, 1.165) is 29.4 Å². The summed E-state index contributed by atoms with van der Waals surface area (Å²) in [5.41, 5.74) is 2.33. The Balaban J connectivity index is 2.58. The number of fused-ring (bicyclic) bond motifs is 1. The molecule has 0 saturated carbocycles. The molecule has 2 rings (SSSR count). The van der Waals surface area contributed by atoms with E-state index in [-0.39, 0.29) is 0 Å². The molecule has 70 valence electrons. The lowest BCUT2D eigenvalue weighted by molar-refractivity contribution is 0.287. The molecule has 1 nitrogen and oxygen atoms in total. The maximum Gasteiger partial charge on any atom is 0.123 e. The highest BCUT2D eigenvalue weighted by atomic mass is 79.9. The summed E-state index contributed by atoms with van der Waals surface area (Å²) in [6, 6.07) is 3.83. The van der Waals surface area contributed by atoms with Crippen LogP contribution in [0, 0.1) is 6.92 Å². The number of benzene rings is 1. The lowest BCUT2D eigenvalue weighted by Crippen LogP contribution is -2.11. The Labute approximate surface area is 91.2 Å². The molecule has 1 aromatic carbocycles. The van der Waals surface area contributed by atoms with Crippen molar-refractivity contribution in [3.05, 3.63) is 28.3 Å². The molecule has 1 unspecified atom stereocenters. The minimum atomic E-state index is 0.384. The van der Waals surface area contributed by atoms with Crippen LogP contribution in [0.4, 0.5) is 0 Å². The van der Waals surface area contributed by atoms with Gasteiger partial charge in [0.15, 0.2) is 0 Å². The summed E-state index contributed by atoms with van der Waals surface area (Å²) in [7, 11) is 0. The highest BCUT2D eigenvalue weighted by Gasteiger charge is 2.21. The predicted octanol–water partition coefficient (Wildman–Crippen LogP) is 3.87. The number of rotatable bonds is 0. The van der Waals surface area contributed by atoms with Gasteiger partial charge in [0.2, 0.25) is 0 Å².